The third-order valence-corrected chi connectivity index (χ3v) is 4.37. The van der Waals surface area contributed by atoms with Gasteiger partial charge in [0.05, 0.1) is 0 Å². The molecular formula is C17H20BrN. The molecule has 0 aliphatic carbocycles. The second-order valence-electron chi connectivity index (χ2n) is 4.88. The first-order valence-corrected chi connectivity index (χ1v) is 7.55. The van der Waals surface area contributed by atoms with Crippen LogP contribution < -0.4 is 5.73 Å². The summed E-state index contributed by atoms with van der Waals surface area (Å²) in [5, 5.41) is 0. The second kappa shape index (κ2) is 6.88. The number of nitrogens with two attached hydrogens (primary N) is 1. The summed E-state index contributed by atoms with van der Waals surface area (Å²) in [6.07, 6.45) is 1.96. The summed E-state index contributed by atoms with van der Waals surface area (Å²) in [6.45, 7) is 2.21. The molecule has 100 valence electrons. The van der Waals surface area contributed by atoms with Gasteiger partial charge in [-0.25, -0.2) is 0 Å². The molecule has 0 radical (unpaired) electrons. The molecule has 19 heavy (non-hydrogen) atoms. The molecule has 0 fully saturated rings. The fourth-order valence-electron chi connectivity index (χ4n) is 2.55. The number of rotatable bonds is 5. The van der Waals surface area contributed by atoms with E-state index < -0.39 is 0 Å². The van der Waals surface area contributed by atoms with Crippen molar-refractivity contribution in [2.45, 2.75) is 31.7 Å². The zero-order valence-corrected chi connectivity index (χ0v) is 12.8. The Hall–Kier alpha value is -1.12. The van der Waals surface area contributed by atoms with E-state index in [0.29, 0.717) is 5.92 Å². The van der Waals surface area contributed by atoms with Crippen molar-refractivity contribution in [2.24, 2.45) is 5.73 Å². The summed E-state index contributed by atoms with van der Waals surface area (Å²) in [5.74, 6) is 0.410. The van der Waals surface area contributed by atoms with Crippen molar-refractivity contribution >= 4 is 15.9 Å². The van der Waals surface area contributed by atoms with E-state index in [0.717, 1.165) is 17.3 Å². The van der Waals surface area contributed by atoms with Crippen molar-refractivity contribution in [1.29, 1.82) is 0 Å². The highest BCUT2D eigenvalue weighted by molar-refractivity contribution is 9.10. The number of hydrogen-bond donors (Lipinski definition) is 1. The van der Waals surface area contributed by atoms with Gasteiger partial charge in [-0.05, 0) is 36.0 Å². The van der Waals surface area contributed by atoms with Crippen LogP contribution in [0.3, 0.4) is 0 Å². The van der Waals surface area contributed by atoms with Crippen LogP contribution in [-0.4, -0.2) is 6.04 Å². The molecule has 2 N–H and O–H groups in total. The van der Waals surface area contributed by atoms with Crippen LogP contribution in [0.15, 0.2) is 59.1 Å². The van der Waals surface area contributed by atoms with Crippen LogP contribution in [0.2, 0.25) is 0 Å². The largest absolute Gasteiger partial charge is 0.327 e. The monoisotopic (exact) mass is 317 g/mol. The fourth-order valence-corrected chi connectivity index (χ4v) is 2.99. The average molecular weight is 318 g/mol. The molecule has 0 aliphatic heterocycles. The third kappa shape index (κ3) is 3.68. The zero-order chi connectivity index (χ0) is 13.7. The van der Waals surface area contributed by atoms with Crippen molar-refractivity contribution in [2.75, 3.05) is 0 Å². The van der Waals surface area contributed by atoms with Crippen LogP contribution in [0.4, 0.5) is 0 Å². The molecule has 0 bridgehead atoms. The van der Waals surface area contributed by atoms with Gasteiger partial charge in [0.2, 0.25) is 0 Å². The van der Waals surface area contributed by atoms with Crippen LogP contribution in [0, 0.1) is 0 Å². The molecule has 0 heterocycles. The van der Waals surface area contributed by atoms with E-state index in [1.54, 1.807) is 0 Å². The maximum Gasteiger partial charge on any atom is 0.0207 e. The van der Waals surface area contributed by atoms with Gasteiger partial charge < -0.3 is 5.73 Å². The quantitative estimate of drug-likeness (QED) is 0.862. The highest BCUT2D eigenvalue weighted by Gasteiger charge is 2.18. The van der Waals surface area contributed by atoms with Crippen LogP contribution in [0.5, 0.6) is 0 Å². The first-order chi connectivity index (χ1) is 9.22. The highest BCUT2D eigenvalue weighted by atomic mass is 79.9. The lowest BCUT2D eigenvalue weighted by Crippen LogP contribution is -2.30. The smallest absolute Gasteiger partial charge is 0.0207 e. The first kappa shape index (κ1) is 14.3. The van der Waals surface area contributed by atoms with E-state index in [1.807, 2.05) is 6.07 Å². The van der Waals surface area contributed by atoms with Gasteiger partial charge in [0, 0.05) is 10.5 Å². The Balaban J connectivity index is 2.14. The maximum absolute atomic E-state index is 6.44. The molecule has 0 saturated heterocycles. The molecule has 2 aromatic carbocycles. The number of hydrogen-bond acceptors (Lipinski definition) is 1. The lowest BCUT2D eigenvalue weighted by molar-refractivity contribution is 0.514. The van der Waals surface area contributed by atoms with Crippen LogP contribution in [0.1, 0.15) is 30.4 Å². The molecule has 1 nitrogen and oxygen atoms in total. The van der Waals surface area contributed by atoms with Gasteiger partial charge in [-0.2, -0.15) is 0 Å². The first-order valence-electron chi connectivity index (χ1n) is 6.76. The normalized spacial score (nSPS) is 14.1. The van der Waals surface area contributed by atoms with Gasteiger partial charge in [-0.3, -0.25) is 0 Å². The van der Waals surface area contributed by atoms with Gasteiger partial charge in [0.15, 0.2) is 0 Å². The fraction of sp³-hybridized carbons (Fsp3) is 0.294. The topological polar surface area (TPSA) is 26.0 Å². The minimum Gasteiger partial charge on any atom is -0.327 e. The molecule has 0 spiro atoms. The van der Waals surface area contributed by atoms with Gasteiger partial charge >= 0.3 is 0 Å². The summed E-state index contributed by atoms with van der Waals surface area (Å²) >= 11 is 3.60. The summed E-state index contributed by atoms with van der Waals surface area (Å²) in [5.41, 5.74) is 9.06. The van der Waals surface area contributed by atoms with E-state index in [9.17, 15) is 0 Å². The van der Waals surface area contributed by atoms with Crippen molar-refractivity contribution in [3.63, 3.8) is 0 Å². The van der Waals surface area contributed by atoms with E-state index in [4.69, 9.17) is 5.73 Å². The van der Waals surface area contributed by atoms with Crippen molar-refractivity contribution in [3.8, 4) is 0 Å². The van der Waals surface area contributed by atoms with Gasteiger partial charge in [-0.1, -0.05) is 71.4 Å². The second-order valence-corrected chi connectivity index (χ2v) is 5.74. The van der Waals surface area contributed by atoms with E-state index >= 15 is 0 Å². The lowest BCUT2D eigenvalue weighted by Gasteiger charge is -2.23. The van der Waals surface area contributed by atoms with Crippen molar-refractivity contribution in [1.82, 2.24) is 0 Å². The molecule has 0 amide bonds. The molecule has 2 unspecified atom stereocenters. The molecule has 0 aromatic heterocycles. The minimum atomic E-state index is 0.145. The lowest BCUT2D eigenvalue weighted by atomic mass is 9.86. The zero-order valence-electron chi connectivity index (χ0n) is 11.2. The Morgan fingerprint density at radius 3 is 2.26 bits per heavy atom. The Morgan fingerprint density at radius 2 is 1.63 bits per heavy atom. The van der Waals surface area contributed by atoms with E-state index in [1.165, 1.54) is 11.1 Å². The third-order valence-electron chi connectivity index (χ3n) is 3.60. The maximum atomic E-state index is 6.44. The number of benzene rings is 2. The Kier molecular flexibility index (Phi) is 5.17. The van der Waals surface area contributed by atoms with Gasteiger partial charge in [0.25, 0.3) is 0 Å². The SMILES string of the molecule is CCC(c1ccccc1)C(N)Cc1ccccc1Br. The minimum absolute atomic E-state index is 0.145. The molecule has 2 aromatic rings. The predicted octanol–water partition coefficient (Wildman–Crippen LogP) is 4.51. The van der Waals surface area contributed by atoms with Gasteiger partial charge in [0.1, 0.15) is 0 Å². The Morgan fingerprint density at radius 1 is 1.00 bits per heavy atom. The predicted molar refractivity (Wildman–Crippen MR) is 85.3 cm³/mol. The molecule has 2 heteroatoms. The summed E-state index contributed by atoms with van der Waals surface area (Å²) in [6, 6.07) is 19.0. The standard InChI is InChI=1S/C17H20BrN/c1-2-15(13-8-4-3-5-9-13)17(19)12-14-10-6-7-11-16(14)18/h3-11,15,17H,2,12,19H2,1H3. The van der Waals surface area contributed by atoms with Crippen LogP contribution in [-0.2, 0) is 6.42 Å². The van der Waals surface area contributed by atoms with Crippen LogP contribution in [0.25, 0.3) is 0 Å². The summed E-state index contributed by atoms with van der Waals surface area (Å²) in [7, 11) is 0. The summed E-state index contributed by atoms with van der Waals surface area (Å²) < 4.78 is 1.15. The molecule has 2 rings (SSSR count). The van der Waals surface area contributed by atoms with Crippen LogP contribution >= 0.6 is 15.9 Å². The molecule has 0 aliphatic rings. The van der Waals surface area contributed by atoms with Crippen molar-refractivity contribution < 1.29 is 0 Å². The van der Waals surface area contributed by atoms with Gasteiger partial charge in [-0.15, -0.1) is 0 Å². The Labute approximate surface area is 124 Å². The molecule has 0 saturated carbocycles. The van der Waals surface area contributed by atoms with E-state index in [2.05, 4.69) is 71.4 Å². The van der Waals surface area contributed by atoms with E-state index in [-0.39, 0.29) is 6.04 Å². The number of halogens is 1. The molecular weight excluding hydrogens is 298 g/mol. The average Bonchev–Trinajstić information content (AvgIpc) is 2.43. The summed E-state index contributed by atoms with van der Waals surface area (Å²) in [4.78, 5) is 0. The highest BCUT2D eigenvalue weighted by Crippen LogP contribution is 2.26. The van der Waals surface area contributed by atoms with Crippen molar-refractivity contribution in [3.05, 3.63) is 70.2 Å². The molecule has 2 atom stereocenters. The Bertz CT molecular complexity index is 510.